The van der Waals surface area contributed by atoms with Gasteiger partial charge in [-0.05, 0) is 0 Å². The van der Waals surface area contributed by atoms with E-state index in [4.69, 9.17) is 0 Å². The van der Waals surface area contributed by atoms with Crippen molar-refractivity contribution in [2.24, 2.45) is 4.99 Å². The molecule has 1 aliphatic rings. The molecular weight excluding hydrogens is 216 g/mol. The van der Waals surface area contributed by atoms with E-state index < -0.39 is 3.54 Å². The molecule has 0 N–H and O–H groups in total. The van der Waals surface area contributed by atoms with Crippen LogP contribution in [0, 0.1) is 0 Å². The predicted octanol–water partition coefficient (Wildman–Crippen LogP) is 1.89. The lowest BCUT2D eigenvalue weighted by Crippen LogP contribution is -2.16. The lowest BCUT2D eigenvalue weighted by atomic mass is 10.6. The van der Waals surface area contributed by atoms with Crippen LogP contribution in [0.5, 0.6) is 0 Å². The SMILES string of the molecule is C=CCN1SC(S)(S)N=C1S. The Balaban J connectivity index is 2.64. The molecule has 0 bridgehead atoms. The molecule has 1 heterocycles. The summed E-state index contributed by atoms with van der Waals surface area (Å²) in [6.45, 7) is 4.32. The first-order valence-corrected chi connectivity index (χ1v) is 4.98. The van der Waals surface area contributed by atoms with Gasteiger partial charge in [0, 0.05) is 18.5 Å². The molecule has 0 saturated carbocycles. The van der Waals surface area contributed by atoms with E-state index in [1.807, 2.05) is 4.31 Å². The van der Waals surface area contributed by atoms with Crippen LogP contribution in [0.3, 0.4) is 0 Å². The third-order valence-corrected chi connectivity index (χ3v) is 3.04. The molecule has 62 valence electrons. The Kier molecular flexibility index (Phi) is 3.13. The molecular formula is C5H8N2S4. The average Bonchev–Trinajstić information content (AvgIpc) is 2.07. The highest BCUT2D eigenvalue weighted by Crippen LogP contribution is 2.43. The van der Waals surface area contributed by atoms with Gasteiger partial charge in [0.25, 0.3) is 0 Å². The van der Waals surface area contributed by atoms with E-state index >= 15 is 0 Å². The topological polar surface area (TPSA) is 15.6 Å². The van der Waals surface area contributed by atoms with E-state index in [0.29, 0.717) is 11.7 Å². The zero-order chi connectivity index (χ0) is 8.48. The van der Waals surface area contributed by atoms with Gasteiger partial charge in [-0.3, -0.25) is 4.31 Å². The van der Waals surface area contributed by atoms with Gasteiger partial charge in [0.2, 0.25) is 3.54 Å². The van der Waals surface area contributed by atoms with E-state index in [2.05, 4.69) is 49.5 Å². The highest BCUT2D eigenvalue weighted by Gasteiger charge is 2.32. The van der Waals surface area contributed by atoms with Crippen LogP contribution in [-0.2, 0) is 0 Å². The molecule has 0 aromatic carbocycles. The van der Waals surface area contributed by atoms with Crippen molar-refractivity contribution in [2.45, 2.75) is 3.54 Å². The molecule has 6 heteroatoms. The van der Waals surface area contributed by atoms with E-state index in [1.54, 1.807) is 6.08 Å². The van der Waals surface area contributed by atoms with Gasteiger partial charge in [0.1, 0.15) is 0 Å². The van der Waals surface area contributed by atoms with Crippen LogP contribution in [0.15, 0.2) is 17.6 Å². The number of hydrogen-bond donors (Lipinski definition) is 3. The second-order valence-corrected chi connectivity index (χ2v) is 5.79. The van der Waals surface area contributed by atoms with Crippen molar-refractivity contribution in [3.8, 4) is 0 Å². The number of hydrogen-bond acceptors (Lipinski definition) is 5. The maximum absolute atomic E-state index is 4.18. The lowest BCUT2D eigenvalue weighted by Gasteiger charge is -2.15. The van der Waals surface area contributed by atoms with Crippen molar-refractivity contribution < 1.29 is 0 Å². The fourth-order valence-electron chi connectivity index (χ4n) is 0.631. The summed E-state index contributed by atoms with van der Waals surface area (Å²) in [4.78, 5) is 4.07. The average molecular weight is 224 g/mol. The Bertz CT molecular complexity index is 201. The van der Waals surface area contributed by atoms with Crippen LogP contribution in [0.25, 0.3) is 0 Å². The van der Waals surface area contributed by atoms with E-state index in [1.165, 1.54) is 11.9 Å². The molecule has 2 nitrogen and oxygen atoms in total. The Morgan fingerprint density at radius 1 is 1.73 bits per heavy atom. The zero-order valence-electron chi connectivity index (χ0n) is 5.64. The van der Waals surface area contributed by atoms with Crippen LogP contribution >= 0.6 is 49.8 Å². The Morgan fingerprint density at radius 3 is 2.73 bits per heavy atom. The van der Waals surface area contributed by atoms with E-state index in [-0.39, 0.29) is 0 Å². The molecule has 0 aromatic rings. The van der Waals surface area contributed by atoms with Crippen molar-refractivity contribution in [3.63, 3.8) is 0 Å². The van der Waals surface area contributed by atoms with E-state index in [0.717, 1.165) is 0 Å². The maximum Gasteiger partial charge on any atom is 0.214 e. The molecule has 1 aliphatic heterocycles. The highest BCUT2D eigenvalue weighted by molar-refractivity contribution is 8.24. The van der Waals surface area contributed by atoms with Gasteiger partial charge in [-0.25, -0.2) is 4.99 Å². The van der Waals surface area contributed by atoms with Crippen LogP contribution in [0.2, 0.25) is 0 Å². The van der Waals surface area contributed by atoms with Crippen molar-refractivity contribution >= 4 is 55.0 Å². The van der Waals surface area contributed by atoms with Crippen LogP contribution in [0.4, 0.5) is 0 Å². The first kappa shape index (κ1) is 9.70. The van der Waals surface area contributed by atoms with Gasteiger partial charge in [-0.15, -0.1) is 44.5 Å². The van der Waals surface area contributed by atoms with Crippen LogP contribution in [-0.4, -0.2) is 19.6 Å². The fraction of sp³-hybridized carbons (Fsp3) is 0.400. The Morgan fingerprint density at radius 2 is 2.36 bits per heavy atom. The summed E-state index contributed by atoms with van der Waals surface area (Å²) < 4.78 is 1.20. The minimum Gasteiger partial charge on any atom is -0.288 e. The van der Waals surface area contributed by atoms with Gasteiger partial charge < -0.3 is 0 Å². The van der Waals surface area contributed by atoms with Crippen molar-refractivity contribution in [2.75, 3.05) is 6.54 Å². The number of amidine groups is 1. The maximum atomic E-state index is 4.18. The van der Waals surface area contributed by atoms with Crippen LogP contribution < -0.4 is 0 Å². The number of rotatable bonds is 2. The van der Waals surface area contributed by atoms with Gasteiger partial charge in [0.05, 0.1) is 0 Å². The standard InChI is InChI=1S/C5H8N2S4/c1-2-3-7-4(8)6-5(9,10)11-7/h2,9-10H,1,3H2,(H,6,8). The van der Waals surface area contributed by atoms with Crippen molar-refractivity contribution in [1.29, 1.82) is 0 Å². The molecule has 0 radical (unpaired) electrons. The first-order valence-electron chi connectivity index (χ1n) is 2.86. The molecule has 0 aliphatic carbocycles. The Hall–Kier alpha value is 0.610. The molecule has 0 saturated heterocycles. The molecule has 0 spiro atoms. The highest BCUT2D eigenvalue weighted by atomic mass is 32.2. The summed E-state index contributed by atoms with van der Waals surface area (Å²) in [5.41, 5.74) is 0. The van der Waals surface area contributed by atoms with Gasteiger partial charge >= 0.3 is 0 Å². The summed E-state index contributed by atoms with van der Waals surface area (Å²) in [7, 11) is 0. The summed E-state index contributed by atoms with van der Waals surface area (Å²) >= 11 is 13.9. The van der Waals surface area contributed by atoms with Crippen LogP contribution in [0.1, 0.15) is 0 Å². The molecule has 0 aromatic heterocycles. The van der Waals surface area contributed by atoms with Crippen molar-refractivity contribution in [3.05, 3.63) is 12.7 Å². The normalized spacial score (nSPS) is 21.7. The minimum atomic E-state index is -0.667. The number of thiol groups is 3. The molecule has 0 atom stereocenters. The Labute approximate surface area is 86.9 Å². The summed E-state index contributed by atoms with van der Waals surface area (Å²) in [5.74, 6) is 0. The summed E-state index contributed by atoms with van der Waals surface area (Å²) in [6, 6.07) is 0. The minimum absolute atomic E-state index is 0.639. The smallest absolute Gasteiger partial charge is 0.214 e. The van der Waals surface area contributed by atoms with Gasteiger partial charge in [-0.2, -0.15) is 0 Å². The van der Waals surface area contributed by atoms with Gasteiger partial charge in [0.15, 0.2) is 5.17 Å². The monoisotopic (exact) mass is 224 g/mol. The van der Waals surface area contributed by atoms with E-state index in [9.17, 15) is 0 Å². The fourth-order valence-corrected chi connectivity index (χ4v) is 2.72. The van der Waals surface area contributed by atoms with Gasteiger partial charge in [-0.1, -0.05) is 6.08 Å². The zero-order valence-corrected chi connectivity index (χ0v) is 9.14. The molecule has 0 fully saturated rings. The molecule has 11 heavy (non-hydrogen) atoms. The molecule has 0 amide bonds. The lowest BCUT2D eigenvalue weighted by molar-refractivity contribution is 0.789. The second kappa shape index (κ2) is 3.55. The largest absolute Gasteiger partial charge is 0.288 e. The molecule has 1 rings (SSSR count). The molecule has 0 unspecified atom stereocenters. The number of aliphatic imine (C=N–C) groups is 1. The quantitative estimate of drug-likeness (QED) is 0.287. The third kappa shape index (κ3) is 2.54. The third-order valence-electron chi connectivity index (χ3n) is 0.996. The predicted molar refractivity (Wildman–Crippen MR) is 61.6 cm³/mol. The number of nitrogens with zero attached hydrogens (tertiary/aromatic N) is 2. The summed E-state index contributed by atoms with van der Waals surface area (Å²) in [6.07, 6.45) is 1.78. The summed E-state index contributed by atoms with van der Waals surface area (Å²) in [5, 5.41) is 0.639. The first-order chi connectivity index (χ1) is 5.05. The van der Waals surface area contributed by atoms with Crippen molar-refractivity contribution in [1.82, 2.24) is 4.31 Å². The second-order valence-electron chi connectivity index (χ2n) is 1.93.